The Labute approximate surface area is 135 Å². The van der Waals surface area contributed by atoms with E-state index in [9.17, 15) is 9.59 Å². The van der Waals surface area contributed by atoms with Crippen molar-refractivity contribution in [2.24, 2.45) is 0 Å². The number of benzene rings is 1. The fraction of sp³-hybridized carbons (Fsp3) is 0.263. The quantitative estimate of drug-likeness (QED) is 0.476. The molecule has 120 valence electrons. The van der Waals surface area contributed by atoms with E-state index in [1.807, 2.05) is 39.8 Å². The molecule has 0 atom stereocenters. The number of carbonyl (C=O) groups is 2. The van der Waals surface area contributed by atoms with Gasteiger partial charge in [-0.15, -0.1) is 0 Å². The first kappa shape index (κ1) is 16.7. The highest BCUT2D eigenvalue weighted by Gasteiger charge is 2.14. The molecule has 2 aromatic rings. The van der Waals surface area contributed by atoms with E-state index in [2.05, 4.69) is 0 Å². The Bertz CT molecular complexity index is 742. The van der Waals surface area contributed by atoms with Gasteiger partial charge in [-0.1, -0.05) is 17.7 Å². The normalized spacial score (nSPS) is 11.0. The molecular weight excluding hydrogens is 292 g/mol. The molecule has 0 spiro atoms. The smallest absolute Gasteiger partial charge is 0.331 e. The van der Waals surface area contributed by atoms with Gasteiger partial charge in [0.1, 0.15) is 11.5 Å². The number of ketones is 1. The van der Waals surface area contributed by atoms with E-state index in [0.29, 0.717) is 11.3 Å². The van der Waals surface area contributed by atoms with Gasteiger partial charge in [-0.3, -0.25) is 4.79 Å². The number of Topliss-reactive ketones (excluding diaryl/α,β-unsaturated/α-hetero) is 1. The molecule has 0 radical (unpaired) electrons. The molecule has 23 heavy (non-hydrogen) atoms. The molecule has 1 aromatic heterocycles. The largest absolute Gasteiger partial charge is 0.462 e. The number of rotatable bonds is 5. The minimum atomic E-state index is -0.574. The van der Waals surface area contributed by atoms with Crippen LogP contribution < -0.4 is 0 Å². The summed E-state index contributed by atoms with van der Waals surface area (Å²) in [6.45, 7) is 7.30. The van der Waals surface area contributed by atoms with E-state index >= 15 is 0 Å². The van der Waals surface area contributed by atoms with Crippen LogP contribution >= 0.6 is 0 Å². The molecule has 1 aromatic carbocycles. The Hall–Kier alpha value is -2.62. The number of aryl methyl sites for hydroxylation is 4. The summed E-state index contributed by atoms with van der Waals surface area (Å²) in [6, 6.07) is 7.45. The van der Waals surface area contributed by atoms with Gasteiger partial charge in [0.2, 0.25) is 5.78 Å². The maximum Gasteiger partial charge on any atom is 0.331 e. The second-order valence-corrected chi connectivity index (χ2v) is 5.59. The molecule has 4 heteroatoms. The SMILES string of the molecule is Cc1cc(C)c(C(=O)COC(=O)/C=C/c2ccc(C)o2)c(C)c1. The third-order valence-electron chi connectivity index (χ3n) is 3.45. The topological polar surface area (TPSA) is 56.5 Å². The second-order valence-electron chi connectivity index (χ2n) is 5.59. The van der Waals surface area contributed by atoms with Gasteiger partial charge < -0.3 is 9.15 Å². The molecule has 4 nitrogen and oxygen atoms in total. The molecule has 0 aliphatic rings. The van der Waals surface area contributed by atoms with E-state index in [1.165, 1.54) is 12.2 Å². The molecule has 2 rings (SSSR count). The molecule has 0 aliphatic heterocycles. The number of hydrogen-bond donors (Lipinski definition) is 0. The standard InChI is InChI=1S/C19H20O4/c1-12-9-13(2)19(14(3)10-12)17(20)11-22-18(21)8-7-16-6-5-15(4)23-16/h5-10H,11H2,1-4H3/b8-7+. The summed E-state index contributed by atoms with van der Waals surface area (Å²) in [5.41, 5.74) is 3.51. The summed E-state index contributed by atoms with van der Waals surface area (Å²) < 4.78 is 10.3. The van der Waals surface area contributed by atoms with Crippen molar-refractivity contribution in [2.75, 3.05) is 6.61 Å². The highest BCUT2D eigenvalue weighted by Crippen LogP contribution is 2.17. The lowest BCUT2D eigenvalue weighted by Gasteiger charge is -2.10. The molecule has 0 fully saturated rings. The zero-order valence-electron chi connectivity index (χ0n) is 13.8. The average Bonchev–Trinajstić information content (AvgIpc) is 2.87. The summed E-state index contributed by atoms with van der Waals surface area (Å²) in [5, 5.41) is 0. The van der Waals surface area contributed by atoms with Crippen LogP contribution in [0.15, 0.2) is 34.8 Å². The van der Waals surface area contributed by atoms with Crippen LogP contribution in [0.3, 0.4) is 0 Å². The lowest BCUT2D eigenvalue weighted by Crippen LogP contribution is -2.15. The predicted molar refractivity (Wildman–Crippen MR) is 88.4 cm³/mol. The van der Waals surface area contributed by atoms with Crippen LogP contribution in [0.2, 0.25) is 0 Å². The lowest BCUT2D eigenvalue weighted by molar-refractivity contribution is -0.136. The molecule has 0 saturated carbocycles. The van der Waals surface area contributed by atoms with E-state index in [1.54, 1.807) is 12.1 Å². The number of furan rings is 1. The van der Waals surface area contributed by atoms with Crippen molar-refractivity contribution in [1.29, 1.82) is 0 Å². The summed E-state index contributed by atoms with van der Waals surface area (Å²) in [5.74, 6) is 0.555. The van der Waals surface area contributed by atoms with Crippen molar-refractivity contribution in [3.63, 3.8) is 0 Å². The van der Waals surface area contributed by atoms with E-state index in [4.69, 9.17) is 9.15 Å². The fourth-order valence-corrected chi connectivity index (χ4v) is 2.57. The van der Waals surface area contributed by atoms with Gasteiger partial charge in [-0.2, -0.15) is 0 Å². The first-order chi connectivity index (χ1) is 10.9. The Kier molecular flexibility index (Phi) is 5.16. The molecule has 0 aliphatic carbocycles. The summed E-state index contributed by atoms with van der Waals surface area (Å²) in [6.07, 6.45) is 2.77. The van der Waals surface area contributed by atoms with Crippen molar-refractivity contribution in [3.05, 3.63) is 64.1 Å². The lowest BCUT2D eigenvalue weighted by atomic mass is 9.97. The van der Waals surface area contributed by atoms with Gasteiger partial charge in [0.05, 0.1) is 0 Å². The van der Waals surface area contributed by atoms with Crippen LogP contribution in [0.1, 0.15) is 38.6 Å². The van der Waals surface area contributed by atoms with Crippen molar-refractivity contribution in [1.82, 2.24) is 0 Å². The molecule has 0 unspecified atom stereocenters. The molecule has 0 saturated heterocycles. The van der Waals surface area contributed by atoms with E-state index in [0.717, 1.165) is 22.5 Å². The highest BCUT2D eigenvalue weighted by atomic mass is 16.5. The van der Waals surface area contributed by atoms with Crippen LogP contribution in [0.25, 0.3) is 6.08 Å². The summed E-state index contributed by atoms with van der Waals surface area (Å²) in [4.78, 5) is 23.9. The van der Waals surface area contributed by atoms with Crippen molar-refractivity contribution < 1.29 is 18.7 Å². The Morgan fingerprint density at radius 3 is 2.30 bits per heavy atom. The highest BCUT2D eigenvalue weighted by molar-refractivity contribution is 6.01. The zero-order valence-corrected chi connectivity index (χ0v) is 13.8. The Morgan fingerprint density at radius 2 is 1.74 bits per heavy atom. The third-order valence-corrected chi connectivity index (χ3v) is 3.45. The second kappa shape index (κ2) is 7.09. The summed E-state index contributed by atoms with van der Waals surface area (Å²) >= 11 is 0. The zero-order chi connectivity index (χ0) is 17.0. The first-order valence-electron chi connectivity index (χ1n) is 7.39. The third kappa shape index (κ3) is 4.42. The minimum Gasteiger partial charge on any atom is -0.462 e. The van der Waals surface area contributed by atoms with Crippen LogP contribution in [0.4, 0.5) is 0 Å². The number of esters is 1. The van der Waals surface area contributed by atoms with Crippen molar-refractivity contribution >= 4 is 17.8 Å². The van der Waals surface area contributed by atoms with Crippen LogP contribution in [0.5, 0.6) is 0 Å². The Morgan fingerprint density at radius 1 is 1.09 bits per heavy atom. The number of ether oxygens (including phenoxy) is 1. The van der Waals surface area contributed by atoms with Crippen LogP contribution in [0, 0.1) is 27.7 Å². The average molecular weight is 312 g/mol. The van der Waals surface area contributed by atoms with Crippen LogP contribution in [-0.4, -0.2) is 18.4 Å². The maximum absolute atomic E-state index is 12.3. The summed E-state index contributed by atoms with van der Waals surface area (Å²) in [7, 11) is 0. The van der Waals surface area contributed by atoms with Gasteiger partial charge in [-0.05, 0) is 57.0 Å². The molecule has 0 N–H and O–H groups in total. The van der Waals surface area contributed by atoms with E-state index < -0.39 is 5.97 Å². The van der Waals surface area contributed by atoms with Gasteiger partial charge in [0.25, 0.3) is 0 Å². The van der Waals surface area contributed by atoms with Gasteiger partial charge in [0, 0.05) is 11.6 Å². The Balaban J connectivity index is 1.96. The van der Waals surface area contributed by atoms with Gasteiger partial charge in [0.15, 0.2) is 6.61 Å². The fourth-order valence-electron chi connectivity index (χ4n) is 2.57. The first-order valence-corrected chi connectivity index (χ1v) is 7.39. The monoisotopic (exact) mass is 312 g/mol. The van der Waals surface area contributed by atoms with Crippen LogP contribution in [-0.2, 0) is 9.53 Å². The van der Waals surface area contributed by atoms with Crippen molar-refractivity contribution in [2.45, 2.75) is 27.7 Å². The molecule has 0 bridgehead atoms. The number of carbonyl (C=O) groups excluding carboxylic acids is 2. The molecule has 0 amide bonds. The predicted octanol–water partition coefficient (Wildman–Crippen LogP) is 3.95. The molecule has 1 heterocycles. The number of hydrogen-bond acceptors (Lipinski definition) is 4. The van der Waals surface area contributed by atoms with Gasteiger partial charge in [-0.25, -0.2) is 4.79 Å². The minimum absolute atomic E-state index is 0.199. The molecular formula is C19H20O4. The van der Waals surface area contributed by atoms with Crippen molar-refractivity contribution in [3.8, 4) is 0 Å². The maximum atomic E-state index is 12.3. The van der Waals surface area contributed by atoms with E-state index in [-0.39, 0.29) is 12.4 Å². The van der Waals surface area contributed by atoms with Gasteiger partial charge >= 0.3 is 5.97 Å².